The number of likely N-dealkylation sites (tertiary alicyclic amines) is 1. The quantitative estimate of drug-likeness (QED) is 0.464. The number of carbonyl (C=O) groups is 1. The number of nitriles is 2. The summed E-state index contributed by atoms with van der Waals surface area (Å²) in [6, 6.07) is 18.7. The maximum absolute atomic E-state index is 13.0. The number of aromatic nitrogens is 1. The van der Waals surface area contributed by atoms with Gasteiger partial charge < -0.3 is 14.5 Å². The van der Waals surface area contributed by atoms with Crippen molar-refractivity contribution < 1.29 is 9.53 Å². The first-order valence-electron chi connectivity index (χ1n) is 13.4. The first-order valence-corrected chi connectivity index (χ1v) is 13.4. The molecular weight excluding hydrogens is 476 g/mol. The number of rotatable bonds is 9. The number of ether oxygens (including phenoxy) is 1. The second kappa shape index (κ2) is 11.2. The van der Waals surface area contributed by atoms with E-state index in [-0.39, 0.29) is 24.3 Å². The zero-order valence-corrected chi connectivity index (χ0v) is 21.7. The average molecular weight is 511 g/mol. The summed E-state index contributed by atoms with van der Waals surface area (Å²) >= 11 is 0. The monoisotopic (exact) mass is 510 g/mol. The van der Waals surface area contributed by atoms with E-state index in [9.17, 15) is 15.3 Å². The zero-order chi connectivity index (χ0) is 26.5. The second-order valence-corrected chi connectivity index (χ2v) is 10.7. The molecule has 2 aromatic rings. The highest BCUT2D eigenvalue weighted by atomic mass is 16.6. The standard InChI is InChI=1S/C30H34N6O2/c1-2-17-38-29(37)36(27-18-26(27)24-7-4-3-5-8-24)20-23-10-15-35(16-11-23)30(12-13-31)21-34(22-30)28-25(19-32)9-6-14-33-28/h2-9,14,23,26-27H,1,10-12,15-18,20-22H2. The van der Waals surface area contributed by atoms with Gasteiger partial charge in [0.2, 0.25) is 0 Å². The Morgan fingerprint density at radius 1 is 1.18 bits per heavy atom. The number of anilines is 1. The van der Waals surface area contributed by atoms with E-state index in [1.165, 1.54) is 5.56 Å². The van der Waals surface area contributed by atoms with Gasteiger partial charge in [0.1, 0.15) is 18.5 Å². The van der Waals surface area contributed by atoms with Crippen LogP contribution in [-0.2, 0) is 4.74 Å². The lowest BCUT2D eigenvalue weighted by molar-refractivity contribution is 0.0220. The fourth-order valence-corrected chi connectivity index (χ4v) is 6.13. The maximum atomic E-state index is 13.0. The summed E-state index contributed by atoms with van der Waals surface area (Å²) in [5.74, 6) is 1.44. The minimum absolute atomic E-state index is 0.172. The third-order valence-corrected chi connectivity index (χ3v) is 8.27. The predicted molar refractivity (Wildman–Crippen MR) is 144 cm³/mol. The van der Waals surface area contributed by atoms with Crippen LogP contribution in [0.15, 0.2) is 61.3 Å². The summed E-state index contributed by atoms with van der Waals surface area (Å²) in [5.41, 5.74) is 1.62. The summed E-state index contributed by atoms with van der Waals surface area (Å²) in [4.78, 5) is 23.9. The lowest BCUT2D eigenvalue weighted by Gasteiger charge is -2.57. The Morgan fingerprint density at radius 2 is 1.95 bits per heavy atom. The predicted octanol–water partition coefficient (Wildman–Crippen LogP) is 4.32. The number of nitrogens with zero attached hydrogens (tertiary/aromatic N) is 6. The van der Waals surface area contributed by atoms with E-state index in [0.717, 1.165) is 32.4 Å². The van der Waals surface area contributed by atoms with Crippen molar-refractivity contribution in [2.75, 3.05) is 44.2 Å². The Bertz CT molecular complexity index is 1220. The lowest BCUT2D eigenvalue weighted by Crippen LogP contribution is -2.71. The van der Waals surface area contributed by atoms with Crippen molar-refractivity contribution in [3.63, 3.8) is 0 Å². The van der Waals surface area contributed by atoms with Crippen molar-refractivity contribution in [3.05, 3.63) is 72.4 Å². The molecule has 3 aliphatic rings. The van der Waals surface area contributed by atoms with Gasteiger partial charge in [-0.15, -0.1) is 0 Å². The fourth-order valence-electron chi connectivity index (χ4n) is 6.13. The van der Waals surface area contributed by atoms with Gasteiger partial charge in [-0.3, -0.25) is 4.90 Å². The van der Waals surface area contributed by atoms with Crippen molar-refractivity contribution in [1.29, 1.82) is 10.5 Å². The maximum Gasteiger partial charge on any atom is 0.410 e. The van der Waals surface area contributed by atoms with Crippen LogP contribution >= 0.6 is 0 Å². The van der Waals surface area contributed by atoms with E-state index in [1.807, 2.05) is 11.0 Å². The van der Waals surface area contributed by atoms with Crippen LogP contribution in [0, 0.1) is 28.6 Å². The highest BCUT2D eigenvalue weighted by Crippen LogP contribution is 2.46. The molecule has 0 radical (unpaired) electrons. The van der Waals surface area contributed by atoms with Crippen molar-refractivity contribution in [2.45, 2.75) is 43.2 Å². The van der Waals surface area contributed by atoms with E-state index in [2.05, 4.69) is 57.8 Å². The Balaban J connectivity index is 1.20. The van der Waals surface area contributed by atoms with Crippen LogP contribution in [0.1, 0.15) is 42.7 Å². The van der Waals surface area contributed by atoms with Gasteiger partial charge in [0.05, 0.1) is 23.6 Å². The van der Waals surface area contributed by atoms with Crippen LogP contribution in [0.25, 0.3) is 0 Å². The van der Waals surface area contributed by atoms with Crippen LogP contribution in [0.5, 0.6) is 0 Å². The smallest absolute Gasteiger partial charge is 0.410 e. The van der Waals surface area contributed by atoms with Gasteiger partial charge in [0.15, 0.2) is 0 Å². The van der Waals surface area contributed by atoms with Gasteiger partial charge in [0.25, 0.3) is 0 Å². The highest BCUT2D eigenvalue weighted by molar-refractivity contribution is 5.69. The topological polar surface area (TPSA) is 96.5 Å². The van der Waals surface area contributed by atoms with Gasteiger partial charge in [-0.2, -0.15) is 10.5 Å². The van der Waals surface area contributed by atoms with Gasteiger partial charge in [-0.25, -0.2) is 9.78 Å². The minimum atomic E-state index is -0.255. The van der Waals surface area contributed by atoms with Crippen LogP contribution in [0.4, 0.5) is 10.6 Å². The molecule has 0 spiro atoms. The van der Waals surface area contributed by atoms with Gasteiger partial charge in [0, 0.05) is 37.8 Å². The Morgan fingerprint density at radius 3 is 2.63 bits per heavy atom. The van der Waals surface area contributed by atoms with Gasteiger partial charge in [-0.1, -0.05) is 43.0 Å². The molecule has 196 valence electrons. The molecule has 1 aromatic heterocycles. The van der Waals surface area contributed by atoms with Gasteiger partial charge in [-0.05, 0) is 56.0 Å². The molecule has 3 heterocycles. The molecule has 3 fully saturated rings. The van der Waals surface area contributed by atoms with Crippen molar-refractivity contribution in [1.82, 2.24) is 14.8 Å². The van der Waals surface area contributed by atoms with Crippen LogP contribution < -0.4 is 4.90 Å². The molecule has 1 aromatic carbocycles. The van der Waals surface area contributed by atoms with E-state index in [4.69, 9.17) is 4.74 Å². The number of hydrogen-bond acceptors (Lipinski definition) is 7. The fraction of sp³-hybridized carbons (Fsp3) is 0.467. The van der Waals surface area contributed by atoms with Crippen LogP contribution in [0.2, 0.25) is 0 Å². The number of piperidine rings is 1. The largest absolute Gasteiger partial charge is 0.445 e. The molecule has 38 heavy (non-hydrogen) atoms. The number of pyridine rings is 1. The Hall–Kier alpha value is -3.88. The summed E-state index contributed by atoms with van der Waals surface area (Å²) in [6.45, 7) is 7.74. The molecule has 2 atom stereocenters. The molecule has 8 nitrogen and oxygen atoms in total. The van der Waals surface area contributed by atoms with E-state index in [1.54, 1.807) is 24.4 Å². The van der Waals surface area contributed by atoms with E-state index < -0.39 is 0 Å². The number of benzene rings is 1. The molecule has 0 bridgehead atoms. The normalized spacial score (nSPS) is 22.4. The van der Waals surface area contributed by atoms with Crippen molar-refractivity contribution >= 4 is 11.9 Å². The molecule has 1 amide bonds. The molecule has 2 unspecified atom stereocenters. The molecule has 1 aliphatic carbocycles. The first-order chi connectivity index (χ1) is 18.6. The van der Waals surface area contributed by atoms with Gasteiger partial charge >= 0.3 is 6.09 Å². The number of carbonyl (C=O) groups excluding carboxylic acids is 1. The third kappa shape index (κ3) is 5.23. The number of hydrogen-bond donors (Lipinski definition) is 0. The average Bonchev–Trinajstić information content (AvgIpc) is 3.74. The molecule has 2 saturated heterocycles. The summed E-state index contributed by atoms with van der Waals surface area (Å²) in [5, 5.41) is 19.1. The first kappa shape index (κ1) is 25.8. The second-order valence-electron chi connectivity index (χ2n) is 10.7. The van der Waals surface area contributed by atoms with Crippen LogP contribution in [0.3, 0.4) is 0 Å². The molecule has 2 aliphatic heterocycles. The minimum Gasteiger partial charge on any atom is -0.445 e. The molecular formula is C30H34N6O2. The summed E-state index contributed by atoms with van der Waals surface area (Å²) in [7, 11) is 0. The lowest BCUT2D eigenvalue weighted by atomic mass is 9.81. The van der Waals surface area contributed by atoms with E-state index >= 15 is 0 Å². The summed E-state index contributed by atoms with van der Waals surface area (Å²) in [6.07, 6.45) is 6.41. The molecule has 1 saturated carbocycles. The van der Waals surface area contributed by atoms with Crippen molar-refractivity contribution in [2.24, 2.45) is 5.92 Å². The van der Waals surface area contributed by atoms with E-state index in [0.29, 0.717) is 49.3 Å². The third-order valence-electron chi connectivity index (χ3n) is 8.27. The summed E-state index contributed by atoms with van der Waals surface area (Å²) < 4.78 is 5.48. The molecule has 5 rings (SSSR count). The Kier molecular flexibility index (Phi) is 7.62. The van der Waals surface area contributed by atoms with Crippen molar-refractivity contribution in [3.8, 4) is 12.1 Å². The number of amides is 1. The Labute approximate surface area is 224 Å². The SMILES string of the molecule is C=CCOC(=O)N(CC1CCN(C2(CC#N)CN(c3ncccc3C#N)C2)CC1)C1CC1c1ccccc1. The van der Waals surface area contributed by atoms with Crippen LogP contribution in [-0.4, -0.2) is 71.8 Å². The zero-order valence-electron chi connectivity index (χ0n) is 21.7. The highest BCUT2D eigenvalue weighted by Gasteiger charge is 2.50. The molecule has 0 N–H and O–H groups in total. The molecule has 8 heteroatoms.